The molecular formula is C8H7ClF2N2O. The van der Waals surface area contributed by atoms with E-state index < -0.39 is 12.0 Å². The van der Waals surface area contributed by atoms with Gasteiger partial charge in [0, 0.05) is 5.56 Å². The van der Waals surface area contributed by atoms with Gasteiger partial charge in [0.15, 0.2) is 6.29 Å². The Kier molecular flexibility index (Phi) is 3.35. The van der Waals surface area contributed by atoms with Gasteiger partial charge < -0.3 is 5.73 Å². The molecule has 0 atom stereocenters. The Morgan fingerprint density at radius 1 is 1.64 bits per heavy atom. The van der Waals surface area contributed by atoms with Crippen LogP contribution in [-0.4, -0.2) is 11.3 Å². The fourth-order valence-corrected chi connectivity index (χ4v) is 1.19. The highest BCUT2D eigenvalue weighted by molar-refractivity contribution is 6.17. The Morgan fingerprint density at radius 2 is 2.29 bits per heavy atom. The average Bonchev–Trinajstić information content (AvgIpc) is 2.17. The molecule has 0 unspecified atom stereocenters. The van der Waals surface area contributed by atoms with Crippen LogP contribution in [-0.2, 0) is 5.88 Å². The lowest BCUT2D eigenvalue weighted by Crippen LogP contribution is -2.04. The first kappa shape index (κ1) is 10.8. The summed E-state index contributed by atoms with van der Waals surface area (Å²) in [5.74, 6) is -0.0177. The van der Waals surface area contributed by atoms with Gasteiger partial charge in [0.2, 0.25) is 0 Å². The molecule has 0 aliphatic rings. The molecule has 0 saturated heterocycles. The standard InChI is InChI=1S/C8H7ClF2N2O/c9-2-6-5(12)1-4(8(10)11)7(3-14)13-6/h1,3,8H,2,12H2. The minimum Gasteiger partial charge on any atom is -0.397 e. The van der Waals surface area contributed by atoms with Crippen LogP contribution in [0.3, 0.4) is 0 Å². The number of hydrogen-bond donors (Lipinski definition) is 1. The summed E-state index contributed by atoms with van der Waals surface area (Å²) in [6, 6.07) is 1.03. The van der Waals surface area contributed by atoms with Crippen LogP contribution in [0.25, 0.3) is 0 Å². The maximum atomic E-state index is 12.3. The fraction of sp³-hybridized carbons (Fsp3) is 0.250. The molecule has 0 amide bonds. The van der Waals surface area contributed by atoms with Gasteiger partial charge in [-0.1, -0.05) is 0 Å². The predicted molar refractivity (Wildman–Crippen MR) is 48.6 cm³/mol. The van der Waals surface area contributed by atoms with Crippen molar-refractivity contribution >= 4 is 23.6 Å². The second-order valence-electron chi connectivity index (χ2n) is 2.55. The number of alkyl halides is 3. The zero-order valence-corrected chi connectivity index (χ0v) is 7.76. The highest BCUT2D eigenvalue weighted by Gasteiger charge is 2.16. The van der Waals surface area contributed by atoms with E-state index in [1.807, 2.05) is 0 Å². The minimum atomic E-state index is -2.77. The molecule has 76 valence electrons. The SMILES string of the molecule is Nc1cc(C(F)F)c(C=O)nc1CCl. The van der Waals surface area contributed by atoms with Gasteiger partial charge in [0.1, 0.15) is 5.69 Å². The first-order valence-electron chi connectivity index (χ1n) is 3.68. The maximum absolute atomic E-state index is 12.3. The minimum absolute atomic E-state index is 0.0177. The Labute approximate surface area is 83.9 Å². The van der Waals surface area contributed by atoms with Crippen molar-refractivity contribution in [3.63, 3.8) is 0 Å². The lowest BCUT2D eigenvalue weighted by atomic mass is 10.1. The monoisotopic (exact) mass is 220 g/mol. The number of aromatic nitrogens is 1. The number of anilines is 1. The highest BCUT2D eigenvalue weighted by Crippen LogP contribution is 2.25. The summed E-state index contributed by atoms with van der Waals surface area (Å²) in [4.78, 5) is 14.1. The van der Waals surface area contributed by atoms with Crippen molar-refractivity contribution < 1.29 is 13.6 Å². The largest absolute Gasteiger partial charge is 0.397 e. The Morgan fingerprint density at radius 3 is 2.71 bits per heavy atom. The van der Waals surface area contributed by atoms with Crippen LogP contribution in [0.1, 0.15) is 28.2 Å². The molecule has 14 heavy (non-hydrogen) atoms. The van der Waals surface area contributed by atoms with E-state index in [0.717, 1.165) is 6.07 Å². The van der Waals surface area contributed by atoms with Gasteiger partial charge in [-0.25, -0.2) is 13.8 Å². The molecule has 2 N–H and O–H groups in total. The third-order valence-corrected chi connectivity index (χ3v) is 1.92. The summed E-state index contributed by atoms with van der Waals surface area (Å²) < 4.78 is 24.7. The molecule has 1 rings (SSSR count). The van der Waals surface area contributed by atoms with Crippen molar-refractivity contribution in [1.82, 2.24) is 4.98 Å². The molecule has 1 heterocycles. The van der Waals surface area contributed by atoms with E-state index in [4.69, 9.17) is 17.3 Å². The third-order valence-electron chi connectivity index (χ3n) is 1.67. The van der Waals surface area contributed by atoms with Gasteiger partial charge in [-0.15, -0.1) is 11.6 Å². The van der Waals surface area contributed by atoms with Gasteiger partial charge in [0.25, 0.3) is 6.43 Å². The molecule has 0 fully saturated rings. The summed E-state index contributed by atoms with van der Waals surface area (Å²) in [6.45, 7) is 0. The molecule has 0 aliphatic heterocycles. The van der Waals surface area contributed by atoms with E-state index in [0.29, 0.717) is 0 Å². The fourth-order valence-electron chi connectivity index (χ4n) is 0.975. The second kappa shape index (κ2) is 4.32. The Balaban J connectivity index is 3.31. The van der Waals surface area contributed by atoms with Crippen molar-refractivity contribution in [2.45, 2.75) is 12.3 Å². The topological polar surface area (TPSA) is 56.0 Å². The summed E-state index contributed by atoms with van der Waals surface area (Å²) in [6.07, 6.45) is -2.51. The third kappa shape index (κ3) is 1.98. The zero-order chi connectivity index (χ0) is 10.7. The van der Waals surface area contributed by atoms with E-state index in [1.165, 1.54) is 0 Å². The van der Waals surface area contributed by atoms with E-state index in [-0.39, 0.29) is 29.2 Å². The van der Waals surface area contributed by atoms with Crippen LogP contribution in [0.5, 0.6) is 0 Å². The first-order valence-corrected chi connectivity index (χ1v) is 4.22. The number of carbonyl (C=O) groups excluding carboxylic acids is 1. The zero-order valence-electron chi connectivity index (χ0n) is 7.01. The molecule has 0 radical (unpaired) electrons. The Bertz CT molecular complexity index is 357. The predicted octanol–water partition coefficient (Wildman–Crippen LogP) is 2.15. The lowest BCUT2D eigenvalue weighted by molar-refractivity contribution is 0.110. The molecule has 6 heteroatoms. The number of nitrogen functional groups attached to an aromatic ring is 1. The number of hydrogen-bond acceptors (Lipinski definition) is 3. The maximum Gasteiger partial charge on any atom is 0.266 e. The van der Waals surface area contributed by atoms with Gasteiger partial charge in [-0.3, -0.25) is 4.79 Å². The number of carbonyl (C=O) groups is 1. The average molecular weight is 221 g/mol. The summed E-state index contributed by atoms with van der Waals surface area (Å²) >= 11 is 5.45. The first-order chi connectivity index (χ1) is 6.60. The van der Waals surface area contributed by atoms with Crippen LogP contribution in [0, 0.1) is 0 Å². The number of halogens is 3. The van der Waals surface area contributed by atoms with Gasteiger partial charge >= 0.3 is 0 Å². The smallest absolute Gasteiger partial charge is 0.266 e. The number of nitrogens with zero attached hydrogens (tertiary/aromatic N) is 1. The second-order valence-corrected chi connectivity index (χ2v) is 2.82. The quantitative estimate of drug-likeness (QED) is 0.627. The number of pyridine rings is 1. The normalized spacial score (nSPS) is 10.6. The van der Waals surface area contributed by atoms with Crippen LogP contribution in [0.4, 0.5) is 14.5 Å². The van der Waals surface area contributed by atoms with Crippen molar-refractivity contribution in [2.24, 2.45) is 0 Å². The molecule has 0 spiro atoms. The molecule has 1 aromatic heterocycles. The number of rotatable bonds is 3. The van der Waals surface area contributed by atoms with Gasteiger partial charge in [-0.05, 0) is 6.07 Å². The van der Waals surface area contributed by atoms with E-state index >= 15 is 0 Å². The molecular weight excluding hydrogens is 214 g/mol. The number of nitrogens with two attached hydrogens (primary N) is 1. The summed E-state index contributed by atoms with van der Waals surface area (Å²) in [7, 11) is 0. The van der Waals surface area contributed by atoms with E-state index in [2.05, 4.69) is 4.98 Å². The van der Waals surface area contributed by atoms with Gasteiger partial charge in [0.05, 0.1) is 17.3 Å². The molecule has 0 bridgehead atoms. The Hall–Kier alpha value is -1.23. The summed E-state index contributed by atoms with van der Waals surface area (Å²) in [5.41, 5.74) is 4.92. The van der Waals surface area contributed by atoms with E-state index in [1.54, 1.807) is 0 Å². The number of aldehydes is 1. The molecule has 3 nitrogen and oxygen atoms in total. The van der Waals surface area contributed by atoms with Crippen molar-refractivity contribution in [2.75, 3.05) is 5.73 Å². The molecule has 0 aromatic carbocycles. The van der Waals surface area contributed by atoms with Crippen molar-refractivity contribution in [1.29, 1.82) is 0 Å². The van der Waals surface area contributed by atoms with Crippen LogP contribution < -0.4 is 5.73 Å². The molecule has 1 aromatic rings. The van der Waals surface area contributed by atoms with E-state index in [9.17, 15) is 13.6 Å². The lowest BCUT2D eigenvalue weighted by Gasteiger charge is -2.07. The van der Waals surface area contributed by atoms with Crippen LogP contribution in [0.15, 0.2) is 6.07 Å². The van der Waals surface area contributed by atoms with Crippen molar-refractivity contribution in [3.05, 3.63) is 23.0 Å². The van der Waals surface area contributed by atoms with Crippen LogP contribution >= 0.6 is 11.6 Å². The highest BCUT2D eigenvalue weighted by atomic mass is 35.5. The van der Waals surface area contributed by atoms with Crippen molar-refractivity contribution in [3.8, 4) is 0 Å². The van der Waals surface area contributed by atoms with Gasteiger partial charge in [-0.2, -0.15) is 0 Å². The summed E-state index contributed by atoms with van der Waals surface area (Å²) in [5, 5.41) is 0. The van der Waals surface area contributed by atoms with Crippen LogP contribution in [0.2, 0.25) is 0 Å². The molecule has 0 aliphatic carbocycles. The molecule has 0 saturated carbocycles.